The Morgan fingerprint density at radius 1 is 0.500 bits per heavy atom. The van der Waals surface area contributed by atoms with E-state index in [1.54, 1.807) is 0 Å². The van der Waals surface area contributed by atoms with Crippen LogP contribution < -0.4 is 0 Å². The number of carbonyl (C=O) groups excluding carboxylic acids is 2. The third kappa shape index (κ3) is 33.2. The van der Waals surface area contributed by atoms with E-state index >= 15 is 0 Å². The highest BCUT2D eigenvalue weighted by Gasteiger charge is 2.06. The third-order valence-electron chi connectivity index (χ3n) is 8.04. The Labute approximate surface area is 271 Å². The first kappa shape index (κ1) is 42.3. The molecule has 0 aliphatic rings. The van der Waals surface area contributed by atoms with Gasteiger partial charge in [0, 0.05) is 12.8 Å². The minimum absolute atomic E-state index is 0.133. The molecule has 258 valence electrons. The van der Waals surface area contributed by atoms with Crippen molar-refractivity contribution in [2.75, 3.05) is 13.2 Å². The lowest BCUT2D eigenvalue weighted by Crippen LogP contribution is -2.13. The van der Waals surface area contributed by atoms with Crippen molar-refractivity contribution < 1.29 is 29.3 Å². The molecule has 2 N–H and O–H groups in total. The highest BCUT2D eigenvalue weighted by molar-refractivity contribution is 5.70. The van der Waals surface area contributed by atoms with Crippen molar-refractivity contribution in [1.82, 2.24) is 0 Å². The van der Waals surface area contributed by atoms with E-state index in [0.717, 1.165) is 116 Å². The van der Waals surface area contributed by atoms with Gasteiger partial charge in [-0.05, 0) is 64.2 Å². The van der Waals surface area contributed by atoms with Gasteiger partial charge in [-0.1, -0.05) is 128 Å². The van der Waals surface area contributed by atoms with E-state index in [1.807, 2.05) is 0 Å². The van der Waals surface area contributed by atoms with Crippen LogP contribution in [0.4, 0.5) is 0 Å². The minimum Gasteiger partial charge on any atom is -0.462 e. The molecule has 0 fully saturated rings. The SMILES string of the molecule is CCCCCCC(O)CC=CCCCCCCCC(=O)OCCOC(=O)CCCCCCCC=CCC(O)CCCCCC. The molecule has 0 saturated carbocycles. The van der Waals surface area contributed by atoms with Crippen LogP contribution in [0.2, 0.25) is 0 Å². The van der Waals surface area contributed by atoms with Crippen LogP contribution in [-0.2, 0) is 19.1 Å². The molecule has 0 spiro atoms. The number of esters is 2. The summed E-state index contributed by atoms with van der Waals surface area (Å²) in [6.45, 7) is 4.67. The van der Waals surface area contributed by atoms with Crippen molar-refractivity contribution in [3.8, 4) is 0 Å². The van der Waals surface area contributed by atoms with Gasteiger partial charge in [0.15, 0.2) is 0 Å². The smallest absolute Gasteiger partial charge is 0.305 e. The summed E-state index contributed by atoms with van der Waals surface area (Å²) in [7, 11) is 0. The fourth-order valence-electron chi connectivity index (χ4n) is 5.17. The van der Waals surface area contributed by atoms with Crippen LogP contribution in [0, 0.1) is 0 Å². The number of rotatable bonds is 33. The van der Waals surface area contributed by atoms with Crippen molar-refractivity contribution in [2.24, 2.45) is 0 Å². The van der Waals surface area contributed by atoms with Crippen molar-refractivity contribution in [2.45, 2.75) is 193 Å². The van der Waals surface area contributed by atoms with Gasteiger partial charge in [0.2, 0.25) is 0 Å². The Kier molecular flexibility index (Phi) is 32.9. The summed E-state index contributed by atoms with van der Waals surface area (Å²) in [5, 5.41) is 20.0. The molecular weight excluding hydrogens is 552 g/mol. The highest BCUT2D eigenvalue weighted by atomic mass is 16.6. The monoisotopic (exact) mass is 623 g/mol. The van der Waals surface area contributed by atoms with Crippen LogP contribution in [0.3, 0.4) is 0 Å². The number of aliphatic hydroxyl groups is 2. The van der Waals surface area contributed by atoms with E-state index in [4.69, 9.17) is 9.47 Å². The van der Waals surface area contributed by atoms with E-state index in [-0.39, 0.29) is 37.4 Å². The zero-order chi connectivity index (χ0) is 32.4. The average Bonchev–Trinajstić information content (AvgIpc) is 3.01. The molecule has 0 aliphatic heterocycles. The van der Waals surface area contributed by atoms with Gasteiger partial charge in [-0.15, -0.1) is 0 Å². The number of unbranched alkanes of at least 4 members (excludes halogenated alkanes) is 16. The van der Waals surface area contributed by atoms with Gasteiger partial charge in [0.1, 0.15) is 13.2 Å². The maximum absolute atomic E-state index is 11.9. The molecule has 0 aromatic carbocycles. The Bertz CT molecular complexity index is 631. The maximum atomic E-state index is 11.9. The lowest BCUT2D eigenvalue weighted by atomic mass is 10.1. The second-order valence-electron chi connectivity index (χ2n) is 12.5. The van der Waals surface area contributed by atoms with Gasteiger partial charge in [-0.25, -0.2) is 0 Å². The summed E-state index contributed by atoms with van der Waals surface area (Å²) in [5.41, 5.74) is 0. The summed E-state index contributed by atoms with van der Waals surface area (Å²) in [6, 6.07) is 0. The largest absolute Gasteiger partial charge is 0.462 e. The van der Waals surface area contributed by atoms with E-state index in [1.165, 1.54) is 38.5 Å². The standard InChI is InChI=1S/C38H70O6/c1-3-5-7-21-27-35(39)29-23-17-13-9-11-15-19-25-31-37(41)43-33-34-44-38(42)32-26-20-16-12-10-14-18-24-30-36(40)28-22-8-6-4-2/h17-18,23-24,35-36,39-40H,3-16,19-22,25-34H2,1-2H3. The van der Waals surface area contributed by atoms with Gasteiger partial charge >= 0.3 is 11.9 Å². The molecule has 2 unspecified atom stereocenters. The van der Waals surface area contributed by atoms with E-state index < -0.39 is 0 Å². The fourth-order valence-corrected chi connectivity index (χ4v) is 5.17. The molecule has 0 rings (SSSR count). The lowest BCUT2D eigenvalue weighted by Gasteiger charge is -2.07. The molecule has 0 bridgehead atoms. The summed E-state index contributed by atoms with van der Waals surface area (Å²) >= 11 is 0. The second kappa shape index (κ2) is 34.2. The van der Waals surface area contributed by atoms with E-state index in [0.29, 0.717) is 12.8 Å². The summed E-state index contributed by atoms with van der Waals surface area (Å²) in [6.07, 6.45) is 34.7. The van der Waals surface area contributed by atoms with Crippen molar-refractivity contribution in [1.29, 1.82) is 0 Å². The van der Waals surface area contributed by atoms with Gasteiger partial charge in [-0.2, -0.15) is 0 Å². The van der Waals surface area contributed by atoms with Crippen LogP contribution in [0.25, 0.3) is 0 Å². The molecule has 6 nitrogen and oxygen atoms in total. The Hall–Kier alpha value is -1.66. The predicted molar refractivity (Wildman–Crippen MR) is 184 cm³/mol. The predicted octanol–water partition coefficient (Wildman–Crippen LogP) is 10.1. The molecule has 44 heavy (non-hydrogen) atoms. The third-order valence-corrected chi connectivity index (χ3v) is 8.04. The molecule has 0 aromatic heterocycles. The molecule has 0 aromatic rings. The van der Waals surface area contributed by atoms with Crippen LogP contribution in [0.15, 0.2) is 24.3 Å². The first-order valence-electron chi connectivity index (χ1n) is 18.5. The quantitative estimate of drug-likeness (QED) is 0.0430. The highest BCUT2D eigenvalue weighted by Crippen LogP contribution is 2.12. The molecule has 0 saturated heterocycles. The number of hydrogen-bond donors (Lipinski definition) is 2. The van der Waals surface area contributed by atoms with E-state index in [9.17, 15) is 19.8 Å². The molecule has 6 heteroatoms. The van der Waals surface area contributed by atoms with Gasteiger partial charge in [0.25, 0.3) is 0 Å². The Morgan fingerprint density at radius 2 is 0.864 bits per heavy atom. The minimum atomic E-state index is -0.217. The normalized spacial score (nSPS) is 13.1. The molecule has 0 radical (unpaired) electrons. The van der Waals surface area contributed by atoms with Crippen LogP contribution in [0.1, 0.15) is 181 Å². The number of carbonyl (C=O) groups is 2. The van der Waals surface area contributed by atoms with Gasteiger partial charge in [-0.3, -0.25) is 9.59 Å². The summed E-state index contributed by atoms with van der Waals surface area (Å²) in [4.78, 5) is 23.8. The Morgan fingerprint density at radius 3 is 1.27 bits per heavy atom. The summed E-state index contributed by atoms with van der Waals surface area (Å²) in [5.74, 6) is -0.434. The van der Waals surface area contributed by atoms with Gasteiger partial charge < -0.3 is 19.7 Å². The number of aliphatic hydroxyl groups excluding tert-OH is 2. The molecule has 0 aliphatic carbocycles. The van der Waals surface area contributed by atoms with Crippen molar-refractivity contribution in [3.05, 3.63) is 24.3 Å². The van der Waals surface area contributed by atoms with E-state index in [2.05, 4.69) is 38.2 Å². The molecule has 0 heterocycles. The average molecular weight is 623 g/mol. The van der Waals surface area contributed by atoms with Gasteiger partial charge in [0.05, 0.1) is 12.2 Å². The van der Waals surface area contributed by atoms with Crippen molar-refractivity contribution >= 4 is 11.9 Å². The molecular formula is C38H70O6. The number of ether oxygens (including phenoxy) is 2. The fraction of sp³-hybridized carbons (Fsp3) is 0.842. The molecule has 0 amide bonds. The maximum Gasteiger partial charge on any atom is 0.305 e. The topological polar surface area (TPSA) is 93.1 Å². The summed E-state index contributed by atoms with van der Waals surface area (Å²) < 4.78 is 10.4. The number of allylic oxidation sites excluding steroid dienone is 2. The van der Waals surface area contributed by atoms with Crippen LogP contribution >= 0.6 is 0 Å². The Balaban J connectivity index is 3.44. The second-order valence-corrected chi connectivity index (χ2v) is 12.5. The number of hydrogen-bond acceptors (Lipinski definition) is 6. The molecule has 2 atom stereocenters. The zero-order valence-corrected chi connectivity index (χ0v) is 28.8. The van der Waals surface area contributed by atoms with Crippen molar-refractivity contribution in [3.63, 3.8) is 0 Å². The zero-order valence-electron chi connectivity index (χ0n) is 28.8. The van der Waals surface area contributed by atoms with Crippen LogP contribution in [-0.4, -0.2) is 47.6 Å². The van der Waals surface area contributed by atoms with Crippen LogP contribution in [0.5, 0.6) is 0 Å². The first-order valence-corrected chi connectivity index (χ1v) is 18.5. The lowest BCUT2D eigenvalue weighted by molar-refractivity contribution is -0.152. The first-order chi connectivity index (χ1) is 21.5.